The van der Waals surface area contributed by atoms with Gasteiger partial charge < -0.3 is 30.2 Å². The quantitative estimate of drug-likeness (QED) is 0.0525. The average Bonchev–Trinajstić information content (AvgIpc) is 3.48. The topological polar surface area (TPSA) is 216 Å². The molecule has 0 saturated carbocycles. The monoisotopic (exact) mass is 845 g/mol. The predicted octanol–water partition coefficient (Wildman–Crippen LogP) is 4.71. The fraction of sp³-hybridized carbons (Fsp3) is 0.304. The Morgan fingerprint density at radius 1 is 0.806 bits per heavy atom. The summed E-state index contributed by atoms with van der Waals surface area (Å²) < 4.78 is 16.8. The Hall–Kier alpha value is -7.36. The number of ether oxygens (including phenoxy) is 3. The molecule has 2 heterocycles. The maximum Gasteiger partial charge on any atom is 0.340 e. The Labute approximate surface area is 357 Å². The first-order valence-electron chi connectivity index (χ1n) is 20.1. The summed E-state index contributed by atoms with van der Waals surface area (Å²) in [5, 5.41) is 12.2. The first kappa shape index (κ1) is 44.2. The van der Waals surface area contributed by atoms with Crippen LogP contribution < -0.4 is 30.7 Å². The van der Waals surface area contributed by atoms with Crippen molar-refractivity contribution in [1.29, 1.82) is 0 Å². The van der Waals surface area contributed by atoms with Crippen LogP contribution in [0, 0.1) is 0 Å². The van der Waals surface area contributed by atoms with Gasteiger partial charge in [0.05, 0.1) is 22.4 Å². The number of hydrogen-bond donors (Lipinski definition) is 4. The second-order valence-electron chi connectivity index (χ2n) is 15.7. The molecule has 0 aromatic heterocycles. The van der Waals surface area contributed by atoms with Gasteiger partial charge in [-0.15, -0.1) is 0 Å². The Morgan fingerprint density at radius 3 is 2.19 bits per heavy atom. The Bertz CT molecular complexity index is 2490. The number of piperidine rings is 1. The lowest BCUT2D eigenvalue weighted by Gasteiger charge is -2.27. The van der Waals surface area contributed by atoms with E-state index in [0.29, 0.717) is 42.9 Å². The van der Waals surface area contributed by atoms with Crippen LogP contribution >= 0.6 is 0 Å². The number of rotatable bonds is 16. The zero-order valence-corrected chi connectivity index (χ0v) is 34.8. The van der Waals surface area contributed by atoms with Gasteiger partial charge in [0.2, 0.25) is 17.7 Å². The lowest BCUT2D eigenvalue weighted by Crippen LogP contribution is -2.54. The number of carbonyl (C=O) groups is 8. The summed E-state index contributed by atoms with van der Waals surface area (Å²) in [5.74, 6) is -3.78. The molecule has 16 heteroatoms. The molecular weight excluding hydrogens is 799 g/mol. The van der Waals surface area contributed by atoms with Crippen LogP contribution in [0.3, 0.4) is 0 Å². The molecule has 1 saturated heterocycles. The van der Waals surface area contributed by atoms with Crippen LogP contribution in [-0.4, -0.2) is 90.2 Å². The number of imide groups is 2. The molecular formula is C46H47N5O11. The van der Waals surface area contributed by atoms with E-state index in [1.54, 1.807) is 51.1 Å². The molecule has 6 rings (SSSR count). The number of carbonyl (C=O) groups excluding carboxylic acids is 8. The van der Waals surface area contributed by atoms with Crippen LogP contribution in [0.5, 0.6) is 11.5 Å². The summed E-state index contributed by atoms with van der Waals surface area (Å²) in [6.07, 6.45) is 2.60. The number of fused-ring (bicyclic) bond motifs is 2. The molecule has 1 unspecified atom stereocenters. The molecule has 0 radical (unpaired) electrons. The summed E-state index contributed by atoms with van der Waals surface area (Å²) in [6.45, 7) is 7.17. The molecule has 322 valence electrons. The van der Waals surface area contributed by atoms with Crippen LogP contribution in [0.15, 0.2) is 84.9 Å². The van der Waals surface area contributed by atoms with Crippen LogP contribution in [0.4, 0.5) is 5.69 Å². The summed E-state index contributed by atoms with van der Waals surface area (Å²) in [7, 11) is 0. The summed E-state index contributed by atoms with van der Waals surface area (Å²) >= 11 is 0. The van der Waals surface area contributed by atoms with E-state index in [2.05, 4.69) is 21.3 Å². The predicted molar refractivity (Wildman–Crippen MR) is 227 cm³/mol. The number of allylic oxidation sites excluding steroid dienone is 1. The van der Waals surface area contributed by atoms with Crippen LogP contribution in [0.1, 0.15) is 90.0 Å². The van der Waals surface area contributed by atoms with E-state index in [-0.39, 0.29) is 47.8 Å². The molecule has 1 atom stereocenters. The maximum absolute atomic E-state index is 13.2. The molecule has 7 amide bonds. The van der Waals surface area contributed by atoms with Crippen molar-refractivity contribution in [2.24, 2.45) is 0 Å². The average molecular weight is 846 g/mol. The second-order valence-corrected chi connectivity index (χ2v) is 15.7. The van der Waals surface area contributed by atoms with Gasteiger partial charge >= 0.3 is 5.97 Å². The van der Waals surface area contributed by atoms with E-state index in [1.165, 1.54) is 24.3 Å². The number of benzene rings is 4. The van der Waals surface area contributed by atoms with Crippen molar-refractivity contribution < 1.29 is 52.6 Å². The normalized spacial score (nSPS) is 15.1. The molecule has 4 aromatic rings. The van der Waals surface area contributed by atoms with Crippen LogP contribution in [0.2, 0.25) is 0 Å². The number of esters is 1. The third-order valence-corrected chi connectivity index (χ3v) is 9.82. The van der Waals surface area contributed by atoms with Gasteiger partial charge in [0.1, 0.15) is 23.1 Å². The van der Waals surface area contributed by atoms with E-state index < -0.39 is 59.7 Å². The van der Waals surface area contributed by atoms with Crippen molar-refractivity contribution in [2.45, 2.75) is 65.0 Å². The highest BCUT2D eigenvalue weighted by Crippen LogP contribution is 2.34. The third-order valence-electron chi connectivity index (χ3n) is 9.82. The van der Waals surface area contributed by atoms with Crippen molar-refractivity contribution in [1.82, 2.24) is 20.9 Å². The zero-order valence-electron chi connectivity index (χ0n) is 34.8. The molecule has 2 aliphatic heterocycles. The Balaban J connectivity index is 0.892. The molecule has 4 N–H and O–H groups in total. The van der Waals surface area contributed by atoms with Crippen molar-refractivity contribution in [3.05, 3.63) is 107 Å². The van der Waals surface area contributed by atoms with Gasteiger partial charge in [-0.05, 0) is 111 Å². The van der Waals surface area contributed by atoms with Crippen LogP contribution in [0.25, 0.3) is 16.3 Å². The number of unbranched alkanes of at least 4 members (excludes halogenated alkanes) is 1. The first-order valence-corrected chi connectivity index (χ1v) is 20.1. The molecule has 0 spiro atoms. The van der Waals surface area contributed by atoms with E-state index in [4.69, 9.17) is 14.2 Å². The molecule has 62 heavy (non-hydrogen) atoms. The minimum atomic E-state index is -1.12. The van der Waals surface area contributed by atoms with Gasteiger partial charge in [-0.25, -0.2) is 4.79 Å². The molecule has 0 aliphatic carbocycles. The fourth-order valence-corrected chi connectivity index (χ4v) is 6.81. The van der Waals surface area contributed by atoms with Crippen molar-refractivity contribution in [3.8, 4) is 11.5 Å². The van der Waals surface area contributed by atoms with Gasteiger partial charge in [0.15, 0.2) is 13.2 Å². The number of anilines is 1. The Kier molecular flexibility index (Phi) is 13.8. The van der Waals surface area contributed by atoms with Crippen LogP contribution in [-0.2, 0) is 28.7 Å². The van der Waals surface area contributed by atoms with E-state index in [1.807, 2.05) is 37.3 Å². The van der Waals surface area contributed by atoms with Gasteiger partial charge in [-0.1, -0.05) is 36.4 Å². The molecule has 1 fully saturated rings. The van der Waals surface area contributed by atoms with Gasteiger partial charge in [0, 0.05) is 25.6 Å². The summed E-state index contributed by atoms with van der Waals surface area (Å²) in [4.78, 5) is 102. The smallest absolute Gasteiger partial charge is 0.340 e. The third kappa shape index (κ3) is 11.1. The number of para-hydroxylation sites is 1. The Morgan fingerprint density at radius 2 is 1.48 bits per heavy atom. The number of nitrogens with one attached hydrogen (secondary N) is 4. The lowest BCUT2D eigenvalue weighted by molar-refractivity contribution is -0.136. The molecule has 2 aliphatic rings. The summed E-state index contributed by atoms with van der Waals surface area (Å²) in [5.41, 5.74) is 1.45. The van der Waals surface area contributed by atoms with Gasteiger partial charge in [-0.2, -0.15) is 0 Å². The van der Waals surface area contributed by atoms with E-state index >= 15 is 0 Å². The highest BCUT2D eigenvalue weighted by atomic mass is 16.6. The van der Waals surface area contributed by atoms with Crippen molar-refractivity contribution in [3.63, 3.8) is 0 Å². The molecule has 0 bridgehead atoms. The number of nitrogens with zero attached hydrogens (tertiary/aromatic N) is 1. The molecule has 16 nitrogen and oxygen atoms in total. The lowest BCUT2D eigenvalue weighted by atomic mass is 10.0. The minimum Gasteiger partial charge on any atom is -0.484 e. The van der Waals surface area contributed by atoms with E-state index in [9.17, 15) is 38.4 Å². The molecule has 4 aromatic carbocycles. The second kappa shape index (κ2) is 19.4. The minimum absolute atomic E-state index is 0.00531. The number of hydrogen-bond acceptors (Lipinski definition) is 11. The highest BCUT2D eigenvalue weighted by molar-refractivity contribution is 6.24. The van der Waals surface area contributed by atoms with E-state index in [0.717, 1.165) is 21.2 Å². The SMILES string of the molecule is C/C(=C\C(=O)Nc1ccccc1C(=O)OC(C)(C)C)c1ccc2cc(OCC(=O)NCCCCNC(=O)COc3cccc4c3C(=O)N(C3CCC(=O)NC3=O)C4=O)ccc2c1. The fourth-order valence-electron chi connectivity index (χ4n) is 6.81. The van der Waals surface area contributed by atoms with Crippen molar-refractivity contribution >= 4 is 69.4 Å². The largest absolute Gasteiger partial charge is 0.484 e. The van der Waals surface area contributed by atoms with Gasteiger partial charge in [0.25, 0.3) is 23.6 Å². The zero-order chi connectivity index (χ0) is 44.6. The standard InChI is InChI=1S/C46H47N5O11/c1-27(22-38(53)49-34-12-6-5-10-32(34)45(59)62-46(2,3)4)28-14-15-30-24-31(17-16-29(30)23-28)60-25-39(54)47-20-7-8-21-48-40(55)26-61-36-13-9-11-33-41(36)44(58)51(43(33)57)35-18-19-37(52)50-42(35)56/h5-6,9-17,22-24,35H,7-8,18-21,25-26H2,1-4H3,(H,47,54)(H,48,55)(H,49,53)(H,50,52,56)/b27-22+. The van der Waals surface area contributed by atoms with Gasteiger partial charge in [-0.3, -0.25) is 43.8 Å². The van der Waals surface area contributed by atoms with Crippen molar-refractivity contribution in [2.75, 3.05) is 31.6 Å². The maximum atomic E-state index is 13.2. The highest BCUT2D eigenvalue weighted by Gasteiger charge is 2.46. The number of amides is 7. The summed E-state index contributed by atoms with van der Waals surface area (Å²) in [6, 6.07) is 21.1. The first-order chi connectivity index (χ1) is 29.6.